The second-order valence-electron chi connectivity index (χ2n) is 3.99. The molecule has 0 amide bonds. The highest BCUT2D eigenvalue weighted by Crippen LogP contribution is 1.84. The Morgan fingerprint density at radius 2 is 1.55 bits per heavy atom. The molecule has 0 aromatic rings. The van der Waals surface area contributed by atoms with Gasteiger partial charge in [0.25, 0.3) is 0 Å². The zero-order chi connectivity index (χ0) is 15.7. The van der Waals surface area contributed by atoms with E-state index in [0.29, 0.717) is 5.96 Å². The summed E-state index contributed by atoms with van der Waals surface area (Å²) in [5.74, 6) is 0.681. The number of nitrogens with zero attached hydrogens (tertiary/aromatic N) is 6. The van der Waals surface area contributed by atoms with E-state index >= 15 is 0 Å². The third-order valence-electron chi connectivity index (χ3n) is 1.86. The Morgan fingerprint density at radius 1 is 0.950 bits per heavy atom. The molecule has 0 aromatic heterocycles. The number of guanidine groups is 4. The van der Waals surface area contributed by atoms with Gasteiger partial charge in [-0.05, 0) is 0 Å². The first-order valence-electron chi connectivity index (χ1n) is 5.61. The summed E-state index contributed by atoms with van der Waals surface area (Å²) in [6, 6.07) is 0. The number of hydrazine groups is 1. The zero-order valence-corrected chi connectivity index (χ0v) is 12.4. The number of aliphatic imine (C=N–C) groups is 3. The Morgan fingerprint density at radius 3 is 2.00 bits per heavy atom. The summed E-state index contributed by atoms with van der Waals surface area (Å²) in [5.41, 5.74) is 21.6. The topological polar surface area (TPSA) is 158 Å². The molecule has 11 nitrogen and oxygen atoms in total. The fourth-order valence-electron chi connectivity index (χ4n) is 0.871. The average Bonchev–Trinajstić information content (AvgIpc) is 2.35. The van der Waals surface area contributed by atoms with Crippen LogP contribution in [-0.2, 0) is 0 Å². The lowest BCUT2D eigenvalue weighted by Gasteiger charge is -2.12. The molecule has 0 aliphatic rings. The lowest BCUT2D eigenvalue weighted by atomic mass is 10.8. The van der Waals surface area contributed by atoms with Crippen molar-refractivity contribution in [2.45, 2.75) is 0 Å². The molecule has 0 heterocycles. The van der Waals surface area contributed by atoms with E-state index in [9.17, 15) is 0 Å². The summed E-state index contributed by atoms with van der Waals surface area (Å²) >= 11 is 0. The second-order valence-corrected chi connectivity index (χ2v) is 3.99. The van der Waals surface area contributed by atoms with Crippen molar-refractivity contribution in [1.29, 1.82) is 0 Å². The lowest BCUT2D eigenvalue weighted by Crippen LogP contribution is -2.42. The maximum absolute atomic E-state index is 5.61. The minimum absolute atomic E-state index is 0.0616. The number of hydrogen-bond acceptors (Lipinski definition) is 3. The van der Waals surface area contributed by atoms with Gasteiger partial charge in [-0.15, -0.1) is 5.10 Å². The minimum Gasteiger partial charge on any atom is -0.369 e. The van der Waals surface area contributed by atoms with Gasteiger partial charge in [0.2, 0.25) is 17.9 Å². The Labute approximate surface area is 118 Å². The average molecular weight is 285 g/mol. The van der Waals surface area contributed by atoms with Crippen LogP contribution < -0.4 is 28.2 Å². The predicted octanol–water partition coefficient (Wildman–Crippen LogP) is -2.95. The minimum atomic E-state index is -0.0616. The van der Waals surface area contributed by atoms with Crippen molar-refractivity contribution in [1.82, 2.24) is 20.8 Å². The lowest BCUT2D eigenvalue weighted by molar-refractivity contribution is 0.610. The van der Waals surface area contributed by atoms with Crippen LogP contribution in [0.3, 0.4) is 0 Å². The highest BCUT2D eigenvalue weighted by molar-refractivity contribution is 5.94. The Bertz CT molecular complexity index is 418. The van der Waals surface area contributed by atoms with Crippen molar-refractivity contribution in [3.05, 3.63) is 0 Å². The molecule has 0 aliphatic carbocycles. The summed E-state index contributed by atoms with van der Waals surface area (Å²) in [6.07, 6.45) is 0. The van der Waals surface area contributed by atoms with Crippen LogP contribution in [0.1, 0.15) is 0 Å². The van der Waals surface area contributed by atoms with Crippen LogP contribution in [0.4, 0.5) is 0 Å². The summed E-state index contributed by atoms with van der Waals surface area (Å²) in [6.45, 7) is 0. The van der Waals surface area contributed by atoms with E-state index < -0.39 is 0 Å². The van der Waals surface area contributed by atoms with Crippen molar-refractivity contribution in [3.8, 4) is 0 Å². The standard InChI is InChI=1S/C9H23N11/c1-13-9(20(4)5)15-7(11)17-18-16-6(10)14-8(12)19(2)3/h18H,1-5H3,(H4,10,12,14,16)(H3,11,13,15,17). The first kappa shape index (κ1) is 17.3. The molecule has 114 valence electrons. The number of nitrogens with one attached hydrogen (secondary N) is 2. The molecule has 0 saturated carbocycles. The van der Waals surface area contributed by atoms with Crippen LogP contribution in [0, 0.1) is 0 Å². The monoisotopic (exact) mass is 285 g/mol. The molecular formula is C9H23N11. The molecule has 0 bridgehead atoms. The molecule has 0 aliphatic heterocycles. The maximum Gasteiger partial charge on any atom is 0.242 e. The van der Waals surface area contributed by atoms with Gasteiger partial charge in [0.05, 0.1) is 0 Å². The highest BCUT2D eigenvalue weighted by Gasteiger charge is 1.99. The number of hydrogen-bond donors (Lipinski definition) is 5. The molecule has 0 saturated heterocycles. The largest absolute Gasteiger partial charge is 0.369 e. The Balaban J connectivity index is 4.50. The van der Waals surface area contributed by atoms with Gasteiger partial charge in [-0.3, -0.25) is 10.4 Å². The molecule has 8 N–H and O–H groups in total. The van der Waals surface area contributed by atoms with E-state index in [1.165, 1.54) is 0 Å². The normalized spacial score (nSPS) is 14.1. The van der Waals surface area contributed by atoms with E-state index in [4.69, 9.17) is 17.2 Å². The molecule has 0 atom stereocenters. The van der Waals surface area contributed by atoms with Crippen molar-refractivity contribution < 1.29 is 0 Å². The number of rotatable bonds is 2. The molecule has 0 aromatic carbocycles. The summed E-state index contributed by atoms with van der Waals surface area (Å²) in [4.78, 5) is 15.0. The fourth-order valence-corrected chi connectivity index (χ4v) is 0.871. The number of hydrazone groups is 1. The fraction of sp³-hybridized carbons (Fsp3) is 0.556. The third kappa shape index (κ3) is 6.88. The van der Waals surface area contributed by atoms with Gasteiger partial charge >= 0.3 is 0 Å². The summed E-state index contributed by atoms with van der Waals surface area (Å²) < 4.78 is 0. The summed E-state index contributed by atoms with van der Waals surface area (Å²) in [7, 11) is 8.65. The van der Waals surface area contributed by atoms with Crippen LogP contribution in [-0.4, -0.2) is 68.9 Å². The van der Waals surface area contributed by atoms with Crippen molar-refractivity contribution in [2.75, 3.05) is 35.2 Å². The first-order valence-corrected chi connectivity index (χ1v) is 5.61. The van der Waals surface area contributed by atoms with Crippen molar-refractivity contribution in [2.24, 2.45) is 37.3 Å². The van der Waals surface area contributed by atoms with Gasteiger partial charge in [0, 0.05) is 35.2 Å². The molecular weight excluding hydrogens is 262 g/mol. The van der Waals surface area contributed by atoms with Crippen LogP contribution >= 0.6 is 0 Å². The Kier molecular flexibility index (Phi) is 7.25. The quantitative estimate of drug-likeness (QED) is 0.206. The van der Waals surface area contributed by atoms with Crippen molar-refractivity contribution >= 4 is 23.8 Å². The van der Waals surface area contributed by atoms with Gasteiger partial charge in [-0.1, -0.05) is 0 Å². The van der Waals surface area contributed by atoms with Crippen LogP contribution in [0.15, 0.2) is 20.1 Å². The SMILES string of the molecule is C/N=C(/N=C(/N)NN/N=C(N)/N=C(/N)N(C)C)N(C)C. The zero-order valence-electron chi connectivity index (χ0n) is 12.4. The van der Waals surface area contributed by atoms with Gasteiger partial charge in [-0.2, -0.15) is 9.98 Å². The van der Waals surface area contributed by atoms with Crippen LogP contribution in [0.25, 0.3) is 0 Å². The van der Waals surface area contributed by atoms with E-state index in [1.807, 2.05) is 0 Å². The van der Waals surface area contributed by atoms with E-state index in [-0.39, 0.29) is 17.9 Å². The van der Waals surface area contributed by atoms with E-state index in [1.54, 1.807) is 45.0 Å². The molecule has 0 radical (unpaired) electrons. The van der Waals surface area contributed by atoms with Crippen LogP contribution in [0.2, 0.25) is 0 Å². The molecule has 0 rings (SSSR count). The molecule has 0 fully saturated rings. The molecule has 11 heteroatoms. The first-order chi connectivity index (χ1) is 9.27. The smallest absolute Gasteiger partial charge is 0.242 e. The van der Waals surface area contributed by atoms with E-state index in [0.717, 1.165) is 0 Å². The van der Waals surface area contributed by atoms with Crippen LogP contribution in [0.5, 0.6) is 0 Å². The Hall–Kier alpha value is -2.72. The van der Waals surface area contributed by atoms with Gasteiger partial charge in [-0.25, -0.2) is 5.53 Å². The molecule has 0 spiro atoms. The van der Waals surface area contributed by atoms with E-state index in [2.05, 4.69) is 31.0 Å². The van der Waals surface area contributed by atoms with Crippen molar-refractivity contribution in [3.63, 3.8) is 0 Å². The highest BCUT2D eigenvalue weighted by atomic mass is 15.6. The summed E-state index contributed by atoms with van der Waals surface area (Å²) in [5, 5.41) is 3.69. The van der Waals surface area contributed by atoms with Gasteiger partial charge in [0.15, 0.2) is 5.96 Å². The molecule has 0 unspecified atom stereocenters. The third-order valence-corrected chi connectivity index (χ3v) is 1.86. The van der Waals surface area contributed by atoms with Gasteiger partial charge in [0.1, 0.15) is 0 Å². The number of nitrogens with two attached hydrogens (primary N) is 3. The predicted molar refractivity (Wildman–Crippen MR) is 81.9 cm³/mol. The van der Waals surface area contributed by atoms with Gasteiger partial charge < -0.3 is 27.0 Å². The maximum atomic E-state index is 5.61. The molecule has 20 heavy (non-hydrogen) atoms. The second kappa shape index (κ2) is 8.39.